The number of benzene rings is 1. The van der Waals surface area contributed by atoms with Crippen molar-refractivity contribution in [1.29, 1.82) is 0 Å². The van der Waals surface area contributed by atoms with Crippen LogP contribution in [0, 0.1) is 5.82 Å². The number of pyridine rings is 1. The lowest BCUT2D eigenvalue weighted by Crippen LogP contribution is -2.13. The van der Waals surface area contributed by atoms with Crippen LogP contribution >= 0.6 is 0 Å². The maximum Gasteiger partial charge on any atom is 0.290 e. The van der Waals surface area contributed by atoms with Crippen LogP contribution in [0.2, 0.25) is 0 Å². The quantitative estimate of drug-likeness (QED) is 0.887. The Morgan fingerprint density at radius 2 is 1.91 bits per heavy atom. The Kier molecular flexibility index (Phi) is 3.63. The molecule has 1 aromatic carbocycles. The molecule has 3 nitrogen and oxygen atoms in total. The molecular weight excluding hydrogens is 288 g/mol. The Labute approximate surface area is 125 Å². The van der Waals surface area contributed by atoms with Gasteiger partial charge in [-0.15, -0.1) is 0 Å². The lowest BCUT2D eigenvalue weighted by atomic mass is 9.90. The molecule has 112 valence electrons. The minimum Gasteiger partial charge on any atom is -0.503 e. The van der Waals surface area contributed by atoms with Gasteiger partial charge in [-0.25, -0.2) is 8.78 Å². The minimum atomic E-state index is -0.607. The summed E-state index contributed by atoms with van der Waals surface area (Å²) in [5, 5.41) is 9.67. The second-order valence-electron chi connectivity index (χ2n) is 5.11. The monoisotopic (exact) mass is 301 g/mol. The van der Waals surface area contributed by atoms with Gasteiger partial charge in [-0.05, 0) is 42.3 Å². The zero-order valence-corrected chi connectivity index (χ0v) is 11.5. The van der Waals surface area contributed by atoms with Gasteiger partial charge >= 0.3 is 0 Å². The molecule has 3 rings (SSSR count). The smallest absolute Gasteiger partial charge is 0.290 e. The Morgan fingerprint density at radius 1 is 1.18 bits per heavy atom. The fourth-order valence-electron chi connectivity index (χ4n) is 2.50. The molecule has 1 aliphatic carbocycles. The number of nitrogens with one attached hydrogen (secondary N) is 1. The van der Waals surface area contributed by atoms with Gasteiger partial charge in [0.05, 0.1) is 0 Å². The molecule has 0 aliphatic heterocycles. The first-order chi connectivity index (χ1) is 10.5. The van der Waals surface area contributed by atoms with Crippen LogP contribution in [0.25, 0.3) is 11.1 Å². The molecule has 0 amide bonds. The van der Waals surface area contributed by atoms with Gasteiger partial charge in [-0.2, -0.15) is 0 Å². The molecule has 1 aromatic heterocycles. The summed E-state index contributed by atoms with van der Waals surface area (Å²) >= 11 is 0. The summed E-state index contributed by atoms with van der Waals surface area (Å²) in [5.74, 6) is -1.32. The third-order valence-corrected chi connectivity index (χ3v) is 3.63. The molecule has 5 heteroatoms. The van der Waals surface area contributed by atoms with E-state index in [1.54, 1.807) is 18.2 Å². The van der Waals surface area contributed by atoms with Crippen LogP contribution < -0.4 is 5.56 Å². The summed E-state index contributed by atoms with van der Waals surface area (Å²) in [6, 6.07) is 7.09. The molecular formula is C17H13F2NO2. The molecule has 0 saturated heterocycles. The highest BCUT2D eigenvalue weighted by atomic mass is 19.1. The van der Waals surface area contributed by atoms with Crippen molar-refractivity contribution in [2.75, 3.05) is 0 Å². The van der Waals surface area contributed by atoms with Crippen LogP contribution in [-0.4, -0.2) is 10.1 Å². The number of hydrogen-bond acceptors (Lipinski definition) is 2. The second kappa shape index (κ2) is 5.60. The third kappa shape index (κ3) is 2.70. The maximum absolute atomic E-state index is 13.1. The fourth-order valence-corrected chi connectivity index (χ4v) is 2.50. The average Bonchev–Trinajstić information content (AvgIpc) is 2.51. The summed E-state index contributed by atoms with van der Waals surface area (Å²) in [5.41, 5.74) is 1.20. The number of hydrogen-bond donors (Lipinski definition) is 2. The van der Waals surface area contributed by atoms with E-state index in [2.05, 4.69) is 4.98 Å². The van der Waals surface area contributed by atoms with E-state index < -0.39 is 11.3 Å². The molecule has 22 heavy (non-hydrogen) atoms. The summed E-state index contributed by atoms with van der Waals surface area (Å²) in [6.45, 7) is 0. The van der Waals surface area contributed by atoms with E-state index >= 15 is 0 Å². The Balaban J connectivity index is 2.13. The summed E-state index contributed by atoms with van der Waals surface area (Å²) in [6.07, 6.45) is 4.83. The fraction of sp³-hybridized carbons (Fsp3) is 0.118. The molecule has 2 aromatic rings. The molecule has 0 radical (unpaired) electrons. The molecule has 0 spiro atoms. The van der Waals surface area contributed by atoms with Crippen LogP contribution in [0.1, 0.15) is 18.0 Å². The number of aromatic amines is 1. The SMILES string of the molecule is O=c1[nH]c(C2C=CC(F)=CC2)c(-c2ccc(F)cc2)cc1O. The first kappa shape index (κ1) is 14.3. The Bertz CT molecular complexity index is 820. The number of aromatic hydroxyl groups is 1. The average molecular weight is 301 g/mol. The van der Waals surface area contributed by atoms with Crippen LogP contribution in [0.15, 0.2) is 59.2 Å². The number of rotatable bonds is 2. The van der Waals surface area contributed by atoms with Crippen molar-refractivity contribution in [3.8, 4) is 16.9 Å². The van der Waals surface area contributed by atoms with Gasteiger partial charge < -0.3 is 10.1 Å². The van der Waals surface area contributed by atoms with Gasteiger partial charge in [-0.3, -0.25) is 4.79 Å². The molecule has 1 unspecified atom stereocenters. The summed E-state index contributed by atoms with van der Waals surface area (Å²) < 4.78 is 26.2. The van der Waals surface area contributed by atoms with Crippen molar-refractivity contribution in [2.45, 2.75) is 12.3 Å². The van der Waals surface area contributed by atoms with E-state index in [4.69, 9.17) is 0 Å². The predicted molar refractivity (Wildman–Crippen MR) is 79.8 cm³/mol. The molecule has 0 bridgehead atoms. The number of aromatic nitrogens is 1. The topological polar surface area (TPSA) is 53.1 Å². The van der Waals surface area contributed by atoms with Crippen LogP contribution in [0.5, 0.6) is 5.75 Å². The van der Waals surface area contributed by atoms with E-state index in [9.17, 15) is 18.7 Å². The maximum atomic E-state index is 13.1. The van der Waals surface area contributed by atoms with Crippen LogP contribution in [0.4, 0.5) is 8.78 Å². The van der Waals surface area contributed by atoms with E-state index in [0.717, 1.165) is 0 Å². The highest BCUT2D eigenvalue weighted by molar-refractivity contribution is 5.68. The number of H-pyrrole nitrogens is 1. The van der Waals surface area contributed by atoms with Crippen molar-refractivity contribution in [3.63, 3.8) is 0 Å². The molecule has 1 aliphatic rings. The summed E-state index contributed by atoms with van der Waals surface area (Å²) in [7, 11) is 0. The minimum absolute atomic E-state index is 0.215. The Morgan fingerprint density at radius 3 is 2.55 bits per heavy atom. The van der Waals surface area contributed by atoms with Crippen molar-refractivity contribution in [2.24, 2.45) is 0 Å². The van der Waals surface area contributed by atoms with E-state index in [0.29, 0.717) is 23.2 Å². The lowest BCUT2D eigenvalue weighted by molar-refractivity contribution is 0.466. The first-order valence-corrected chi connectivity index (χ1v) is 6.80. The second-order valence-corrected chi connectivity index (χ2v) is 5.11. The predicted octanol–water partition coefficient (Wildman–Crippen LogP) is 3.78. The number of allylic oxidation sites excluding steroid dienone is 4. The molecule has 1 heterocycles. The zero-order valence-electron chi connectivity index (χ0n) is 11.5. The first-order valence-electron chi connectivity index (χ1n) is 6.80. The lowest BCUT2D eigenvalue weighted by Gasteiger charge is -2.18. The van der Waals surface area contributed by atoms with E-state index in [-0.39, 0.29) is 17.6 Å². The van der Waals surface area contributed by atoms with Gasteiger partial charge in [0.1, 0.15) is 11.6 Å². The highest BCUT2D eigenvalue weighted by Gasteiger charge is 2.18. The zero-order chi connectivity index (χ0) is 15.7. The molecule has 0 fully saturated rings. The Hall–Kier alpha value is -2.69. The van der Waals surface area contributed by atoms with Gasteiger partial charge in [0, 0.05) is 17.2 Å². The molecule has 0 saturated carbocycles. The molecule has 1 atom stereocenters. The van der Waals surface area contributed by atoms with Gasteiger partial charge in [0.25, 0.3) is 5.56 Å². The van der Waals surface area contributed by atoms with Crippen molar-refractivity contribution < 1.29 is 13.9 Å². The van der Waals surface area contributed by atoms with Crippen molar-refractivity contribution in [1.82, 2.24) is 4.98 Å². The van der Waals surface area contributed by atoms with Crippen LogP contribution in [-0.2, 0) is 0 Å². The van der Waals surface area contributed by atoms with E-state index in [1.807, 2.05) is 0 Å². The standard InChI is InChI=1S/C17H13F2NO2/c18-12-5-1-10(2-6-12)14-9-15(21)17(22)20-16(14)11-3-7-13(19)8-4-11/h1-3,5-9,11,21H,4H2,(H,20,22). The van der Waals surface area contributed by atoms with E-state index in [1.165, 1.54) is 30.4 Å². The third-order valence-electron chi connectivity index (χ3n) is 3.63. The van der Waals surface area contributed by atoms with Gasteiger partial charge in [0.15, 0.2) is 5.75 Å². The normalized spacial score (nSPS) is 17.4. The largest absolute Gasteiger partial charge is 0.503 e. The molecule has 2 N–H and O–H groups in total. The van der Waals surface area contributed by atoms with Crippen molar-refractivity contribution >= 4 is 0 Å². The van der Waals surface area contributed by atoms with Crippen molar-refractivity contribution in [3.05, 3.63) is 76.3 Å². The highest BCUT2D eigenvalue weighted by Crippen LogP contribution is 2.34. The summed E-state index contributed by atoms with van der Waals surface area (Å²) in [4.78, 5) is 14.3. The van der Waals surface area contributed by atoms with Gasteiger partial charge in [0.2, 0.25) is 0 Å². The van der Waals surface area contributed by atoms with Gasteiger partial charge in [-0.1, -0.05) is 18.2 Å². The number of halogens is 2. The van der Waals surface area contributed by atoms with Crippen LogP contribution in [0.3, 0.4) is 0 Å².